The molecule has 0 atom stereocenters. The first kappa shape index (κ1) is 11.2. The van der Waals surface area contributed by atoms with Crippen molar-refractivity contribution in [1.82, 2.24) is 4.57 Å². The first-order valence-electron chi connectivity index (χ1n) is 5.94. The van der Waals surface area contributed by atoms with Gasteiger partial charge in [0.1, 0.15) is 0 Å². The van der Waals surface area contributed by atoms with Gasteiger partial charge in [0.2, 0.25) is 0 Å². The van der Waals surface area contributed by atoms with Gasteiger partial charge >= 0.3 is 0 Å². The second kappa shape index (κ2) is 4.30. The van der Waals surface area contributed by atoms with Crippen LogP contribution in [0.2, 0.25) is 0 Å². The first-order chi connectivity index (χ1) is 7.63. The fraction of sp³-hybridized carbons (Fsp3) is 0.429. The van der Waals surface area contributed by atoms with Crippen LogP contribution < -0.4 is 5.73 Å². The van der Waals surface area contributed by atoms with Crippen LogP contribution in [0.15, 0.2) is 24.3 Å². The van der Waals surface area contributed by atoms with Crippen LogP contribution >= 0.6 is 0 Å². The van der Waals surface area contributed by atoms with E-state index in [2.05, 4.69) is 49.6 Å². The maximum atomic E-state index is 5.58. The van der Waals surface area contributed by atoms with E-state index in [4.69, 9.17) is 5.73 Å². The summed E-state index contributed by atoms with van der Waals surface area (Å²) in [6.45, 7) is 7.33. The Morgan fingerprint density at radius 2 is 2.00 bits per heavy atom. The highest BCUT2D eigenvalue weighted by atomic mass is 15.0. The first-order valence-corrected chi connectivity index (χ1v) is 5.94. The van der Waals surface area contributed by atoms with Gasteiger partial charge in [-0.3, -0.25) is 0 Å². The molecule has 16 heavy (non-hydrogen) atoms. The number of aromatic nitrogens is 1. The molecule has 0 saturated heterocycles. The number of hydrogen-bond acceptors (Lipinski definition) is 1. The minimum Gasteiger partial charge on any atom is -0.342 e. The summed E-state index contributed by atoms with van der Waals surface area (Å²) >= 11 is 0. The Labute approximate surface area is 97.1 Å². The van der Waals surface area contributed by atoms with E-state index in [1.165, 1.54) is 22.2 Å². The fourth-order valence-corrected chi connectivity index (χ4v) is 2.43. The number of nitrogens with two attached hydrogens (primary N) is 1. The maximum absolute atomic E-state index is 5.58. The molecule has 0 unspecified atom stereocenters. The second-order valence-electron chi connectivity index (χ2n) is 4.68. The normalized spacial score (nSPS) is 11.6. The van der Waals surface area contributed by atoms with Gasteiger partial charge in [-0.15, -0.1) is 0 Å². The van der Waals surface area contributed by atoms with E-state index in [0.29, 0.717) is 6.04 Å². The molecule has 1 aromatic carbocycles. The quantitative estimate of drug-likeness (QED) is 0.840. The molecule has 1 aromatic heterocycles. The Morgan fingerprint density at radius 1 is 1.25 bits per heavy atom. The van der Waals surface area contributed by atoms with Crippen LogP contribution in [0.5, 0.6) is 0 Å². The Kier molecular flexibility index (Phi) is 3.01. The van der Waals surface area contributed by atoms with Crippen molar-refractivity contribution in [3.05, 3.63) is 35.5 Å². The molecule has 2 rings (SSSR count). The summed E-state index contributed by atoms with van der Waals surface area (Å²) in [4.78, 5) is 0. The van der Waals surface area contributed by atoms with Crippen LogP contribution in [-0.4, -0.2) is 11.1 Å². The summed E-state index contributed by atoms with van der Waals surface area (Å²) in [5, 5.41) is 1.33. The lowest BCUT2D eigenvalue weighted by Crippen LogP contribution is -2.03. The van der Waals surface area contributed by atoms with Crippen molar-refractivity contribution in [3.8, 4) is 0 Å². The summed E-state index contributed by atoms with van der Waals surface area (Å²) in [5.41, 5.74) is 9.57. The SMILES string of the molecule is Cc1cc2cc(CCN)ccc2n1C(C)C. The molecule has 0 aliphatic rings. The summed E-state index contributed by atoms with van der Waals surface area (Å²) in [6.07, 6.45) is 0.960. The van der Waals surface area contributed by atoms with Gasteiger partial charge in [0.05, 0.1) is 0 Å². The molecular formula is C14H20N2. The molecule has 86 valence electrons. The average Bonchev–Trinajstić information content (AvgIpc) is 2.53. The third-order valence-electron chi connectivity index (χ3n) is 3.05. The highest BCUT2D eigenvalue weighted by molar-refractivity contribution is 5.82. The highest BCUT2D eigenvalue weighted by Crippen LogP contribution is 2.24. The lowest BCUT2D eigenvalue weighted by molar-refractivity contribution is 0.608. The number of hydrogen-bond donors (Lipinski definition) is 1. The van der Waals surface area contributed by atoms with E-state index in [0.717, 1.165) is 13.0 Å². The van der Waals surface area contributed by atoms with Crippen LogP contribution in [0, 0.1) is 6.92 Å². The lowest BCUT2D eigenvalue weighted by atomic mass is 10.1. The molecule has 2 nitrogen and oxygen atoms in total. The molecule has 2 aromatic rings. The number of benzene rings is 1. The van der Waals surface area contributed by atoms with Crippen molar-refractivity contribution in [2.45, 2.75) is 33.2 Å². The summed E-state index contributed by atoms with van der Waals surface area (Å²) in [5.74, 6) is 0. The van der Waals surface area contributed by atoms with Gasteiger partial charge in [0, 0.05) is 22.6 Å². The van der Waals surface area contributed by atoms with Gasteiger partial charge in [0.15, 0.2) is 0 Å². The number of nitrogens with zero attached hydrogens (tertiary/aromatic N) is 1. The molecule has 0 radical (unpaired) electrons. The predicted molar refractivity (Wildman–Crippen MR) is 69.8 cm³/mol. The van der Waals surface area contributed by atoms with E-state index in [1.807, 2.05) is 0 Å². The number of fused-ring (bicyclic) bond motifs is 1. The Bertz CT molecular complexity index is 495. The third-order valence-corrected chi connectivity index (χ3v) is 3.05. The van der Waals surface area contributed by atoms with Crippen LogP contribution in [0.3, 0.4) is 0 Å². The van der Waals surface area contributed by atoms with Gasteiger partial charge in [-0.2, -0.15) is 0 Å². The number of rotatable bonds is 3. The van der Waals surface area contributed by atoms with Crippen LogP contribution in [0.25, 0.3) is 10.9 Å². The van der Waals surface area contributed by atoms with Gasteiger partial charge in [0.25, 0.3) is 0 Å². The third kappa shape index (κ3) is 1.85. The van der Waals surface area contributed by atoms with E-state index in [1.54, 1.807) is 0 Å². The minimum atomic E-state index is 0.512. The van der Waals surface area contributed by atoms with Gasteiger partial charge in [-0.25, -0.2) is 0 Å². The second-order valence-corrected chi connectivity index (χ2v) is 4.68. The summed E-state index contributed by atoms with van der Waals surface area (Å²) in [6, 6.07) is 9.43. The van der Waals surface area contributed by atoms with Crippen molar-refractivity contribution < 1.29 is 0 Å². The van der Waals surface area contributed by atoms with Crippen molar-refractivity contribution >= 4 is 10.9 Å². The highest BCUT2D eigenvalue weighted by Gasteiger charge is 2.08. The zero-order valence-corrected chi connectivity index (χ0v) is 10.3. The smallest absolute Gasteiger partial charge is 0.0485 e. The van der Waals surface area contributed by atoms with Gasteiger partial charge in [-0.1, -0.05) is 6.07 Å². The van der Waals surface area contributed by atoms with Crippen molar-refractivity contribution in [1.29, 1.82) is 0 Å². The average molecular weight is 216 g/mol. The molecule has 0 spiro atoms. The van der Waals surface area contributed by atoms with E-state index < -0.39 is 0 Å². The molecule has 0 aliphatic carbocycles. The maximum Gasteiger partial charge on any atom is 0.0485 e. The van der Waals surface area contributed by atoms with Crippen LogP contribution in [0.1, 0.15) is 31.1 Å². The lowest BCUT2D eigenvalue weighted by Gasteiger charge is -2.12. The minimum absolute atomic E-state index is 0.512. The molecule has 0 aliphatic heterocycles. The molecule has 1 heterocycles. The standard InChI is InChI=1S/C14H20N2/c1-10(2)16-11(3)8-13-9-12(6-7-15)4-5-14(13)16/h4-5,8-10H,6-7,15H2,1-3H3. The van der Waals surface area contributed by atoms with Crippen LogP contribution in [0.4, 0.5) is 0 Å². The van der Waals surface area contributed by atoms with Crippen molar-refractivity contribution in [3.63, 3.8) is 0 Å². The summed E-state index contributed by atoms with van der Waals surface area (Å²) < 4.78 is 2.38. The molecule has 0 saturated carbocycles. The molecule has 0 fully saturated rings. The molecule has 0 bridgehead atoms. The Hall–Kier alpha value is -1.28. The molecule has 2 N–H and O–H groups in total. The van der Waals surface area contributed by atoms with E-state index in [-0.39, 0.29) is 0 Å². The van der Waals surface area contributed by atoms with Crippen molar-refractivity contribution in [2.24, 2.45) is 5.73 Å². The van der Waals surface area contributed by atoms with E-state index in [9.17, 15) is 0 Å². The fourth-order valence-electron chi connectivity index (χ4n) is 2.43. The van der Waals surface area contributed by atoms with Gasteiger partial charge in [-0.05, 0) is 57.5 Å². The van der Waals surface area contributed by atoms with E-state index >= 15 is 0 Å². The van der Waals surface area contributed by atoms with Gasteiger partial charge < -0.3 is 10.3 Å². The molecule has 2 heteroatoms. The van der Waals surface area contributed by atoms with Crippen molar-refractivity contribution in [2.75, 3.05) is 6.54 Å². The predicted octanol–water partition coefficient (Wildman–Crippen LogP) is 3.03. The van der Waals surface area contributed by atoms with Crippen LogP contribution in [-0.2, 0) is 6.42 Å². The molecule has 0 amide bonds. The largest absolute Gasteiger partial charge is 0.342 e. The topological polar surface area (TPSA) is 30.9 Å². The molecular weight excluding hydrogens is 196 g/mol. The summed E-state index contributed by atoms with van der Waals surface area (Å²) in [7, 11) is 0. The number of aryl methyl sites for hydroxylation is 1. The Morgan fingerprint density at radius 3 is 2.62 bits per heavy atom. The zero-order chi connectivity index (χ0) is 11.7. The zero-order valence-electron chi connectivity index (χ0n) is 10.3. The Balaban J connectivity index is 2.56. The monoisotopic (exact) mass is 216 g/mol.